The van der Waals surface area contributed by atoms with E-state index < -0.39 is 6.61 Å². The van der Waals surface area contributed by atoms with Crippen LogP contribution in [0, 0.1) is 0 Å². The zero-order valence-corrected chi connectivity index (χ0v) is 8.44. The molecule has 16 heavy (non-hydrogen) atoms. The molecule has 1 aromatic rings. The minimum absolute atomic E-state index is 0.000849. The van der Waals surface area contributed by atoms with Gasteiger partial charge in [0.15, 0.2) is 0 Å². The Balaban J connectivity index is 2.96. The van der Waals surface area contributed by atoms with Gasteiger partial charge in [-0.25, -0.2) is 0 Å². The number of hydrogen-bond donors (Lipinski definition) is 0. The molecule has 0 saturated carbocycles. The van der Waals surface area contributed by atoms with Crippen LogP contribution in [0.4, 0.5) is 8.78 Å². The lowest BCUT2D eigenvalue weighted by Gasteiger charge is -2.08. The molecule has 0 fully saturated rings. The number of rotatable bonds is 5. The number of alkyl halides is 2. The predicted molar refractivity (Wildman–Crippen MR) is 54.4 cm³/mol. The van der Waals surface area contributed by atoms with E-state index in [0.717, 1.165) is 6.08 Å². The molecule has 3 nitrogen and oxygen atoms in total. The van der Waals surface area contributed by atoms with Gasteiger partial charge in [0.05, 0.1) is 7.11 Å². The van der Waals surface area contributed by atoms with Crippen LogP contribution in [0.25, 0.3) is 6.08 Å². The Hall–Kier alpha value is -1.91. The SMILES string of the molecule is COc1cc(OC(F)F)ccc1/C=C/[C]=O. The van der Waals surface area contributed by atoms with Crippen molar-refractivity contribution >= 4 is 12.4 Å². The van der Waals surface area contributed by atoms with Crippen LogP contribution in [0.3, 0.4) is 0 Å². The van der Waals surface area contributed by atoms with E-state index in [1.165, 1.54) is 31.4 Å². The number of halogens is 2. The van der Waals surface area contributed by atoms with Gasteiger partial charge in [0, 0.05) is 11.6 Å². The maximum atomic E-state index is 11.9. The summed E-state index contributed by atoms with van der Waals surface area (Å²) in [6.07, 6.45) is 4.19. The van der Waals surface area contributed by atoms with Crippen molar-refractivity contribution in [1.82, 2.24) is 0 Å². The molecule has 1 aromatic carbocycles. The third kappa shape index (κ3) is 3.34. The highest BCUT2D eigenvalue weighted by atomic mass is 19.3. The molecule has 1 rings (SSSR count). The van der Waals surface area contributed by atoms with E-state index in [1.54, 1.807) is 6.29 Å². The summed E-state index contributed by atoms with van der Waals surface area (Å²) in [6, 6.07) is 4.18. The minimum Gasteiger partial charge on any atom is -0.496 e. The van der Waals surface area contributed by atoms with E-state index in [0.29, 0.717) is 11.3 Å². The van der Waals surface area contributed by atoms with E-state index in [9.17, 15) is 13.6 Å². The zero-order valence-electron chi connectivity index (χ0n) is 8.44. The Bertz CT molecular complexity index is 389. The highest BCUT2D eigenvalue weighted by Crippen LogP contribution is 2.26. The highest BCUT2D eigenvalue weighted by Gasteiger charge is 2.07. The van der Waals surface area contributed by atoms with Crippen molar-refractivity contribution in [2.24, 2.45) is 0 Å². The fourth-order valence-electron chi connectivity index (χ4n) is 1.13. The Morgan fingerprint density at radius 1 is 1.44 bits per heavy atom. The van der Waals surface area contributed by atoms with Crippen molar-refractivity contribution in [3.05, 3.63) is 29.8 Å². The first kappa shape index (κ1) is 12.2. The summed E-state index contributed by atoms with van der Waals surface area (Å²) >= 11 is 0. The summed E-state index contributed by atoms with van der Waals surface area (Å²) in [4.78, 5) is 10.0. The van der Waals surface area contributed by atoms with E-state index in [-0.39, 0.29) is 5.75 Å². The molecule has 0 amide bonds. The molecule has 0 aliphatic rings. The molecule has 1 radical (unpaired) electrons. The Morgan fingerprint density at radius 2 is 2.19 bits per heavy atom. The molecule has 0 spiro atoms. The smallest absolute Gasteiger partial charge is 0.387 e. The van der Waals surface area contributed by atoms with Gasteiger partial charge in [0.1, 0.15) is 11.5 Å². The summed E-state index contributed by atoms with van der Waals surface area (Å²) in [6.45, 7) is -2.88. The van der Waals surface area contributed by atoms with Gasteiger partial charge in [-0.15, -0.1) is 0 Å². The number of carbonyl (C=O) groups excluding carboxylic acids is 1. The molecule has 5 heteroatoms. The van der Waals surface area contributed by atoms with Crippen molar-refractivity contribution in [1.29, 1.82) is 0 Å². The molecule has 0 bridgehead atoms. The third-order valence-corrected chi connectivity index (χ3v) is 1.76. The number of methoxy groups -OCH3 is 1. The van der Waals surface area contributed by atoms with Crippen LogP contribution >= 0.6 is 0 Å². The van der Waals surface area contributed by atoms with Crippen molar-refractivity contribution in [2.45, 2.75) is 6.61 Å². The monoisotopic (exact) mass is 227 g/mol. The molecular weight excluding hydrogens is 218 g/mol. The van der Waals surface area contributed by atoms with Crippen LogP contribution in [0.1, 0.15) is 5.56 Å². The standard InChI is InChI=1S/C11H9F2O3/c1-15-10-7-9(16-11(12)13)5-4-8(10)3-2-6-14/h2-5,7,11H,1H3/b3-2+. The lowest BCUT2D eigenvalue weighted by molar-refractivity contribution is -0.0499. The molecule has 0 atom stereocenters. The predicted octanol–water partition coefficient (Wildman–Crippen LogP) is 2.42. The molecule has 0 unspecified atom stereocenters. The van der Waals surface area contributed by atoms with Gasteiger partial charge in [0.25, 0.3) is 0 Å². The number of hydrogen-bond acceptors (Lipinski definition) is 3. The van der Waals surface area contributed by atoms with E-state index in [2.05, 4.69) is 4.74 Å². The number of ether oxygens (including phenoxy) is 2. The van der Waals surface area contributed by atoms with Crippen LogP contribution in [-0.2, 0) is 4.79 Å². The second-order valence-corrected chi connectivity index (χ2v) is 2.73. The highest BCUT2D eigenvalue weighted by molar-refractivity contribution is 5.76. The van der Waals surface area contributed by atoms with Gasteiger partial charge >= 0.3 is 6.61 Å². The van der Waals surface area contributed by atoms with Gasteiger partial charge in [-0.05, 0) is 24.3 Å². The first-order valence-corrected chi connectivity index (χ1v) is 4.34. The molecule has 0 aromatic heterocycles. The van der Waals surface area contributed by atoms with Crippen molar-refractivity contribution < 1.29 is 23.0 Å². The van der Waals surface area contributed by atoms with Crippen molar-refractivity contribution in [3.8, 4) is 11.5 Å². The largest absolute Gasteiger partial charge is 0.496 e. The molecular formula is C11H9F2O3. The van der Waals surface area contributed by atoms with Gasteiger partial charge in [-0.3, -0.25) is 4.79 Å². The van der Waals surface area contributed by atoms with Crippen LogP contribution in [0.2, 0.25) is 0 Å². The van der Waals surface area contributed by atoms with Gasteiger partial charge in [-0.1, -0.05) is 0 Å². The van der Waals surface area contributed by atoms with Crippen LogP contribution < -0.4 is 9.47 Å². The second kappa shape index (κ2) is 5.85. The fraction of sp³-hybridized carbons (Fsp3) is 0.182. The number of allylic oxidation sites excluding steroid dienone is 1. The summed E-state index contributed by atoms with van der Waals surface area (Å²) in [7, 11) is 1.39. The first-order valence-electron chi connectivity index (χ1n) is 4.34. The molecule has 0 heterocycles. The average molecular weight is 227 g/mol. The lowest BCUT2D eigenvalue weighted by Crippen LogP contribution is -2.02. The minimum atomic E-state index is -2.88. The van der Waals surface area contributed by atoms with Gasteiger partial charge < -0.3 is 9.47 Å². The quantitative estimate of drug-likeness (QED) is 0.724. The zero-order chi connectivity index (χ0) is 12.0. The molecule has 0 aliphatic heterocycles. The summed E-state index contributed by atoms with van der Waals surface area (Å²) in [5.41, 5.74) is 0.576. The van der Waals surface area contributed by atoms with E-state index >= 15 is 0 Å². The lowest BCUT2D eigenvalue weighted by atomic mass is 10.2. The molecule has 0 saturated heterocycles. The number of benzene rings is 1. The Labute approximate surface area is 91.3 Å². The molecule has 85 valence electrons. The first-order chi connectivity index (χ1) is 7.67. The van der Waals surface area contributed by atoms with Crippen LogP contribution in [-0.4, -0.2) is 20.0 Å². The average Bonchev–Trinajstić information content (AvgIpc) is 2.26. The van der Waals surface area contributed by atoms with Gasteiger partial charge in [0.2, 0.25) is 6.29 Å². The van der Waals surface area contributed by atoms with Crippen LogP contribution in [0.5, 0.6) is 11.5 Å². The third-order valence-electron chi connectivity index (χ3n) is 1.76. The second-order valence-electron chi connectivity index (χ2n) is 2.73. The summed E-state index contributed by atoms with van der Waals surface area (Å²) < 4.78 is 33.0. The Kier molecular flexibility index (Phi) is 4.44. The maximum absolute atomic E-state index is 11.9. The fourth-order valence-corrected chi connectivity index (χ4v) is 1.13. The summed E-state index contributed by atoms with van der Waals surface area (Å²) in [5.74, 6) is 0.337. The molecule has 0 N–H and O–H groups in total. The van der Waals surface area contributed by atoms with Crippen molar-refractivity contribution in [2.75, 3.05) is 7.11 Å². The Morgan fingerprint density at radius 3 is 2.75 bits per heavy atom. The van der Waals surface area contributed by atoms with Crippen molar-refractivity contribution in [3.63, 3.8) is 0 Å². The van der Waals surface area contributed by atoms with E-state index in [1.807, 2.05) is 0 Å². The summed E-state index contributed by atoms with van der Waals surface area (Å²) in [5, 5.41) is 0. The van der Waals surface area contributed by atoms with E-state index in [4.69, 9.17) is 4.74 Å². The maximum Gasteiger partial charge on any atom is 0.387 e. The molecule has 0 aliphatic carbocycles. The topological polar surface area (TPSA) is 35.5 Å². The van der Waals surface area contributed by atoms with Gasteiger partial charge in [-0.2, -0.15) is 8.78 Å². The normalized spacial score (nSPS) is 10.8. The van der Waals surface area contributed by atoms with Crippen LogP contribution in [0.15, 0.2) is 24.3 Å².